The van der Waals surface area contributed by atoms with Crippen LogP contribution >= 0.6 is 0 Å². The Morgan fingerprint density at radius 2 is 2.00 bits per heavy atom. The Labute approximate surface area is 73.4 Å². The Hall–Kier alpha value is -0.850. The van der Waals surface area contributed by atoms with Crippen molar-refractivity contribution in [3.63, 3.8) is 0 Å². The van der Waals surface area contributed by atoms with Crippen LogP contribution < -0.4 is 0 Å². The minimum Gasteiger partial charge on any atom is -0.207 e. The number of halogens is 1. The molecule has 0 heterocycles. The molecule has 1 aromatic carbocycles. The molecule has 0 amide bonds. The van der Waals surface area contributed by atoms with Gasteiger partial charge in [-0.15, -0.1) is 0 Å². The van der Waals surface area contributed by atoms with Crippen molar-refractivity contribution in [2.45, 2.75) is 33.1 Å². The van der Waals surface area contributed by atoms with E-state index < -0.39 is 0 Å². The summed E-state index contributed by atoms with van der Waals surface area (Å²) in [5.74, 6) is 0.338. The molecule has 0 bridgehead atoms. The maximum Gasteiger partial charge on any atom is 0.123 e. The van der Waals surface area contributed by atoms with E-state index in [9.17, 15) is 4.39 Å². The Morgan fingerprint density at radius 1 is 1.33 bits per heavy atom. The first-order chi connectivity index (χ1) is 5.63. The van der Waals surface area contributed by atoms with Gasteiger partial charge in [-0.1, -0.05) is 19.9 Å². The molecule has 0 aliphatic carbocycles. The molecule has 1 rings (SSSR count). The normalized spacial score (nSPS) is 13.0. The fourth-order valence-corrected chi connectivity index (χ4v) is 1.28. The molecule has 0 aromatic heterocycles. The lowest BCUT2D eigenvalue weighted by atomic mass is 9.97. The fourth-order valence-electron chi connectivity index (χ4n) is 1.28. The van der Waals surface area contributed by atoms with Crippen LogP contribution in [0.3, 0.4) is 0 Å². The Morgan fingerprint density at radius 3 is 2.50 bits per heavy atom. The van der Waals surface area contributed by atoms with Crippen LogP contribution in [-0.2, 0) is 0 Å². The third kappa shape index (κ3) is 2.07. The smallest absolute Gasteiger partial charge is 0.123 e. The highest BCUT2D eigenvalue weighted by molar-refractivity contribution is 5.26. The van der Waals surface area contributed by atoms with E-state index in [0.717, 1.165) is 17.5 Å². The van der Waals surface area contributed by atoms with Gasteiger partial charge in [0.15, 0.2) is 0 Å². The molecular weight excluding hydrogens is 151 g/mol. The van der Waals surface area contributed by atoms with Gasteiger partial charge in [0.1, 0.15) is 5.82 Å². The topological polar surface area (TPSA) is 0 Å². The maximum atomic E-state index is 12.9. The highest BCUT2D eigenvalue weighted by Crippen LogP contribution is 2.20. The van der Waals surface area contributed by atoms with Crippen LogP contribution in [-0.4, -0.2) is 0 Å². The van der Waals surface area contributed by atoms with E-state index in [1.807, 2.05) is 6.92 Å². The molecule has 12 heavy (non-hydrogen) atoms. The lowest BCUT2D eigenvalue weighted by molar-refractivity contribution is 0.618. The van der Waals surface area contributed by atoms with E-state index in [2.05, 4.69) is 19.9 Å². The first-order valence-electron chi connectivity index (χ1n) is 4.40. The highest BCUT2D eigenvalue weighted by atomic mass is 19.1. The van der Waals surface area contributed by atoms with Crippen LogP contribution in [0, 0.1) is 12.7 Å². The van der Waals surface area contributed by atoms with Crippen molar-refractivity contribution in [1.82, 2.24) is 0 Å². The summed E-state index contributed by atoms with van der Waals surface area (Å²) in [6.45, 7) is 6.16. The zero-order chi connectivity index (χ0) is 9.14. The highest BCUT2D eigenvalue weighted by Gasteiger charge is 2.04. The van der Waals surface area contributed by atoms with Gasteiger partial charge in [-0.3, -0.25) is 0 Å². The van der Waals surface area contributed by atoms with Gasteiger partial charge in [0, 0.05) is 0 Å². The molecule has 0 aliphatic heterocycles. The van der Waals surface area contributed by atoms with Gasteiger partial charge in [-0.25, -0.2) is 4.39 Å². The fraction of sp³-hybridized carbons (Fsp3) is 0.455. The second-order valence-electron chi connectivity index (χ2n) is 3.37. The SMILES string of the molecule is CCC(C)c1cc(C)cc(F)c1. The van der Waals surface area contributed by atoms with Gasteiger partial charge in [0.05, 0.1) is 0 Å². The minimum atomic E-state index is -0.120. The van der Waals surface area contributed by atoms with Crippen LogP contribution in [0.15, 0.2) is 18.2 Å². The molecule has 0 nitrogen and oxygen atoms in total. The summed E-state index contributed by atoms with van der Waals surface area (Å²) < 4.78 is 12.9. The second kappa shape index (κ2) is 3.70. The molecule has 1 unspecified atom stereocenters. The molecule has 0 radical (unpaired) electrons. The van der Waals surface area contributed by atoms with Crippen molar-refractivity contribution in [2.24, 2.45) is 0 Å². The van der Waals surface area contributed by atoms with E-state index in [0.29, 0.717) is 5.92 Å². The molecule has 66 valence electrons. The Kier molecular flexibility index (Phi) is 2.85. The summed E-state index contributed by atoms with van der Waals surface area (Å²) in [7, 11) is 0. The first kappa shape index (κ1) is 9.24. The molecular formula is C11H15F. The number of hydrogen-bond donors (Lipinski definition) is 0. The number of rotatable bonds is 2. The maximum absolute atomic E-state index is 12.9. The molecule has 0 spiro atoms. The summed E-state index contributed by atoms with van der Waals surface area (Å²) in [5, 5.41) is 0. The first-order valence-corrected chi connectivity index (χ1v) is 4.40. The predicted octanol–water partition coefficient (Wildman–Crippen LogP) is 3.65. The molecule has 0 saturated carbocycles. The van der Waals surface area contributed by atoms with Gasteiger partial charge in [-0.2, -0.15) is 0 Å². The van der Waals surface area contributed by atoms with Crippen LogP contribution in [0.2, 0.25) is 0 Å². The Bertz CT molecular complexity index is 245. The molecule has 0 aliphatic rings. The van der Waals surface area contributed by atoms with Crippen molar-refractivity contribution in [3.8, 4) is 0 Å². The van der Waals surface area contributed by atoms with Gasteiger partial charge >= 0.3 is 0 Å². The van der Waals surface area contributed by atoms with Crippen molar-refractivity contribution in [2.75, 3.05) is 0 Å². The molecule has 0 fully saturated rings. The van der Waals surface area contributed by atoms with Crippen molar-refractivity contribution in [1.29, 1.82) is 0 Å². The van der Waals surface area contributed by atoms with Crippen LogP contribution in [0.25, 0.3) is 0 Å². The number of hydrogen-bond acceptors (Lipinski definition) is 0. The Balaban J connectivity index is 3.00. The average molecular weight is 166 g/mol. The summed E-state index contributed by atoms with van der Waals surface area (Å²) in [6, 6.07) is 5.24. The number of benzene rings is 1. The van der Waals surface area contributed by atoms with E-state index in [1.165, 1.54) is 0 Å². The van der Waals surface area contributed by atoms with E-state index in [4.69, 9.17) is 0 Å². The summed E-state index contributed by atoms with van der Waals surface area (Å²) >= 11 is 0. The van der Waals surface area contributed by atoms with Crippen LogP contribution in [0.5, 0.6) is 0 Å². The van der Waals surface area contributed by atoms with Gasteiger partial charge in [-0.05, 0) is 42.5 Å². The lowest BCUT2D eigenvalue weighted by Gasteiger charge is -2.09. The summed E-state index contributed by atoms with van der Waals surface area (Å²) in [6.07, 6.45) is 1.06. The molecule has 1 atom stereocenters. The monoisotopic (exact) mass is 166 g/mol. The second-order valence-corrected chi connectivity index (χ2v) is 3.37. The molecule has 1 aromatic rings. The van der Waals surface area contributed by atoms with Gasteiger partial charge < -0.3 is 0 Å². The minimum absolute atomic E-state index is 0.120. The van der Waals surface area contributed by atoms with Crippen LogP contribution in [0.4, 0.5) is 4.39 Å². The van der Waals surface area contributed by atoms with Gasteiger partial charge in [0.2, 0.25) is 0 Å². The quantitative estimate of drug-likeness (QED) is 0.629. The van der Waals surface area contributed by atoms with E-state index in [-0.39, 0.29) is 5.82 Å². The predicted molar refractivity (Wildman–Crippen MR) is 49.8 cm³/mol. The summed E-state index contributed by atoms with van der Waals surface area (Å²) in [4.78, 5) is 0. The average Bonchev–Trinajstić information content (AvgIpc) is 2.01. The van der Waals surface area contributed by atoms with E-state index in [1.54, 1.807) is 12.1 Å². The standard InChI is InChI=1S/C11H15F/c1-4-9(3)10-5-8(2)6-11(12)7-10/h5-7,9H,4H2,1-3H3. The zero-order valence-electron chi connectivity index (χ0n) is 7.89. The van der Waals surface area contributed by atoms with E-state index >= 15 is 0 Å². The lowest BCUT2D eigenvalue weighted by Crippen LogP contribution is -1.93. The third-order valence-corrected chi connectivity index (χ3v) is 2.25. The van der Waals surface area contributed by atoms with Crippen LogP contribution in [0.1, 0.15) is 37.3 Å². The largest absolute Gasteiger partial charge is 0.207 e. The zero-order valence-corrected chi connectivity index (χ0v) is 7.89. The molecule has 0 N–H and O–H groups in total. The van der Waals surface area contributed by atoms with Crippen molar-refractivity contribution in [3.05, 3.63) is 35.1 Å². The third-order valence-electron chi connectivity index (χ3n) is 2.25. The number of aryl methyl sites for hydroxylation is 1. The van der Waals surface area contributed by atoms with Crippen molar-refractivity contribution < 1.29 is 4.39 Å². The molecule has 0 saturated heterocycles. The van der Waals surface area contributed by atoms with Gasteiger partial charge in [0.25, 0.3) is 0 Å². The summed E-state index contributed by atoms with van der Waals surface area (Å²) in [5.41, 5.74) is 2.11. The van der Waals surface area contributed by atoms with Crippen molar-refractivity contribution >= 4 is 0 Å². The molecule has 1 heteroatoms.